The Hall–Kier alpha value is -2.21. The summed E-state index contributed by atoms with van der Waals surface area (Å²) in [5, 5.41) is 0. The quantitative estimate of drug-likeness (QED) is 0.544. The van der Waals surface area contributed by atoms with Crippen molar-refractivity contribution in [3.63, 3.8) is 0 Å². The molecule has 0 saturated carbocycles. The van der Waals surface area contributed by atoms with Gasteiger partial charge >= 0.3 is 0 Å². The first-order chi connectivity index (χ1) is 13.8. The molecule has 0 radical (unpaired) electrons. The van der Waals surface area contributed by atoms with Gasteiger partial charge in [-0.05, 0) is 43.2 Å². The van der Waals surface area contributed by atoms with Gasteiger partial charge in [0.05, 0.1) is 13.1 Å². The maximum Gasteiger partial charge on any atom is 0.242 e. The van der Waals surface area contributed by atoms with E-state index in [2.05, 4.69) is 6.92 Å². The summed E-state index contributed by atoms with van der Waals surface area (Å²) in [5.74, 6) is -0.537. The number of unbranched alkanes of at least 4 members (excludes halogenated alkanes) is 1. The molecule has 1 aromatic carbocycles. The molecule has 0 saturated heterocycles. The van der Waals surface area contributed by atoms with Gasteiger partial charge in [0.15, 0.2) is 0 Å². The molecule has 0 fully saturated rings. The molecule has 0 aliphatic carbocycles. The Morgan fingerprint density at radius 2 is 1.72 bits per heavy atom. The highest BCUT2D eigenvalue weighted by atomic mass is 32.1. The van der Waals surface area contributed by atoms with Crippen LogP contribution in [0.4, 0.5) is 4.39 Å². The topological polar surface area (TPSA) is 40.6 Å². The molecule has 0 aliphatic heterocycles. The molecule has 1 heterocycles. The molecular weight excluding hydrogens is 387 g/mol. The molecule has 2 aromatic rings. The lowest BCUT2D eigenvalue weighted by molar-refractivity contribution is -0.143. The van der Waals surface area contributed by atoms with Gasteiger partial charge in [-0.1, -0.05) is 39.3 Å². The zero-order valence-electron chi connectivity index (χ0n) is 17.8. The molecule has 1 aromatic heterocycles. The fraction of sp³-hybridized carbons (Fsp3) is 0.478. The van der Waals surface area contributed by atoms with Crippen molar-refractivity contribution in [3.05, 3.63) is 57.5 Å². The summed E-state index contributed by atoms with van der Waals surface area (Å²) in [4.78, 5) is 31.5. The minimum atomic E-state index is -0.297. The van der Waals surface area contributed by atoms with E-state index >= 15 is 0 Å². The fourth-order valence-corrected chi connectivity index (χ4v) is 3.95. The summed E-state index contributed by atoms with van der Waals surface area (Å²) in [6, 6.07) is 10.3. The Bertz CT molecular complexity index is 801. The predicted molar refractivity (Wildman–Crippen MR) is 116 cm³/mol. The van der Waals surface area contributed by atoms with E-state index < -0.39 is 0 Å². The van der Waals surface area contributed by atoms with Gasteiger partial charge in [0.1, 0.15) is 5.82 Å². The first kappa shape index (κ1) is 23.1. The summed E-state index contributed by atoms with van der Waals surface area (Å²) in [5.41, 5.74) is 0.864. The monoisotopic (exact) mass is 418 g/mol. The molecular formula is C23H31FN2O2S. The van der Waals surface area contributed by atoms with E-state index in [-0.39, 0.29) is 30.1 Å². The van der Waals surface area contributed by atoms with E-state index in [1.54, 1.807) is 33.3 Å². The Kier molecular flexibility index (Phi) is 8.83. The normalized spacial score (nSPS) is 11.0. The van der Waals surface area contributed by atoms with Crippen molar-refractivity contribution in [2.75, 3.05) is 13.1 Å². The van der Waals surface area contributed by atoms with Crippen molar-refractivity contribution in [1.29, 1.82) is 0 Å². The van der Waals surface area contributed by atoms with Crippen molar-refractivity contribution in [1.82, 2.24) is 9.80 Å². The third kappa shape index (κ3) is 7.28. The minimum Gasteiger partial charge on any atom is -0.333 e. The number of halogens is 1. The number of hydrogen-bond donors (Lipinski definition) is 0. The summed E-state index contributed by atoms with van der Waals surface area (Å²) in [6.07, 6.45) is 1.83. The van der Waals surface area contributed by atoms with Gasteiger partial charge in [-0.3, -0.25) is 9.59 Å². The van der Waals surface area contributed by atoms with Gasteiger partial charge in [-0.2, -0.15) is 0 Å². The maximum atomic E-state index is 13.3. The van der Waals surface area contributed by atoms with Crippen LogP contribution in [0.2, 0.25) is 0 Å². The Labute approximate surface area is 177 Å². The second kappa shape index (κ2) is 11.1. The third-order valence-electron chi connectivity index (χ3n) is 4.70. The van der Waals surface area contributed by atoms with Gasteiger partial charge < -0.3 is 9.80 Å². The van der Waals surface area contributed by atoms with Crippen LogP contribution in [0.5, 0.6) is 0 Å². The van der Waals surface area contributed by atoms with Crippen molar-refractivity contribution in [2.24, 2.45) is 5.92 Å². The highest BCUT2D eigenvalue weighted by Gasteiger charge is 2.23. The number of hydrogen-bond acceptors (Lipinski definition) is 3. The largest absolute Gasteiger partial charge is 0.333 e. The molecule has 0 N–H and O–H groups in total. The number of nitrogens with zero attached hydrogens (tertiary/aromatic N) is 2. The van der Waals surface area contributed by atoms with E-state index in [0.29, 0.717) is 19.6 Å². The second-order valence-electron chi connectivity index (χ2n) is 7.66. The first-order valence-corrected chi connectivity index (χ1v) is 11.0. The number of carbonyl (C=O) groups excluding carboxylic acids is 2. The lowest BCUT2D eigenvalue weighted by atomic mass is 10.1. The highest BCUT2D eigenvalue weighted by molar-refractivity contribution is 7.11. The molecule has 0 bridgehead atoms. The first-order valence-electron chi connectivity index (χ1n) is 10.2. The zero-order chi connectivity index (χ0) is 21.4. The van der Waals surface area contributed by atoms with Crippen molar-refractivity contribution in [2.45, 2.75) is 53.6 Å². The van der Waals surface area contributed by atoms with Crippen LogP contribution >= 0.6 is 11.3 Å². The molecule has 0 unspecified atom stereocenters. The van der Waals surface area contributed by atoms with E-state index in [9.17, 15) is 14.0 Å². The van der Waals surface area contributed by atoms with Crippen LogP contribution in [0.25, 0.3) is 0 Å². The molecule has 158 valence electrons. The number of aryl methyl sites for hydroxylation is 1. The van der Waals surface area contributed by atoms with Gasteiger partial charge in [-0.15, -0.1) is 11.3 Å². The zero-order valence-corrected chi connectivity index (χ0v) is 18.6. The SMILES string of the molecule is CCCCN(CC(=O)N(Cc1ccc(F)cc1)Cc1ccc(C)s1)C(=O)C(C)C. The lowest BCUT2D eigenvalue weighted by Crippen LogP contribution is -2.44. The van der Waals surface area contributed by atoms with E-state index in [1.807, 2.05) is 32.9 Å². The van der Waals surface area contributed by atoms with Crippen molar-refractivity contribution >= 4 is 23.2 Å². The molecule has 2 rings (SSSR count). The van der Waals surface area contributed by atoms with Crippen LogP contribution in [-0.4, -0.2) is 34.7 Å². The average Bonchev–Trinajstić information content (AvgIpc) is 3.10. The third-order valence-corrected chi connectivity index (χ3v) is 5.68. The predicted octanol–water partition coefficient (Wildman–Crippen LogP) is 5.01. The maximum absolute atomic E-state index is 13.3. The van der Waals surface area contributed by atoms with Crippen LogP contribution in [0.1, 0.15) is 48.9 Å². The number of amides is 2. The van der Waals surface area contributed by atoms with Gasteiger partial charge in [-0.25, -0.2) is 4.39 Å². The van der Waals surface area contributed by atoms with Crippen LogP contribution in [0.3, 0.4) is 0 Å². The van der Waals surface area contributed by atoms with Crippen LogP contribution in [-0.2, 0) is 22.7 Å². The average molecular weight is 419 g/mol. The van der Waals surface area contributed by atoms with Gasteiger partial charge in [0.25, 0.3) is 0 Å². The molecule has 0 spiro atoms. The molecule has 4 nitrogen and oxygen atoms in total. The molecule has 0 atom stereocenters. The van der Waals surface area contributed by atoms with Crippen LogP contribution < -0.4 is 0 Å². The Morgan fingerprint density at radius 3 is 2.28 bits per heavy atom. The standard InChI is InChI=1S/C23H31FN2O2S/c1-5-6-13-25(23(28)17(2)3)16-22(27)26(15-21-12-7-18(4)29-21)14-19-8-10-20(24)11-9-19/h7-12,17H,5-6,13-16H2,1-4H3. The van der Waals surface area contributed by atoms with Gasteiger partial charge in [0.2, 0.25) is 11.8 Å². The van der Waals surface area contributed by atoms with Crippen molar-refractivity contribution in [3.8, 4) is 0 Å². The Morgan fingerprint density at radius 1 is 1.03 bits per heavy atom. The molecule has 0 aliphatic rings. The number of thiophene rings is 1. The fourth-order valence-electron chi connectivity index (χ4n) is 3.05. The summed E-state index contributed by atoms with van der Waals surface area (Å²) >= 11 is 1.66. The second-order valence-corrected chi connectivity index (χ2v) is 9.03. The molecule has 6 heteroatoms. The number of rotatable bonds is 10. The lowest BCUT2D eigenvalue weighted by Gasteiger charge is -2.28. The number of carbonyl (C=O) groups is 2. The van der Waals surface area contributed by atoms with E-state index in [4.69, 9.17) is 0 Å². The van der Waals surface area contributed by atoms with Gasteiger partial charge in [0, 0.05) is 28.8 Å². The molecule has 2 amide bonds. The smallest absolute Gasteiger partial charge is 0.242 e. The summed E-state index contributed by atoms with van der Waals surface area (Å²) in [7, 11) is 0. The Balaban J connectivity index is 2.18. The van der Waals surface area contributed by atoms with Crippen molar-refractivity contribution < 1.29 is 14.0 Å². The van der Waals surface area contributed by atoms with Crippen LogP contribution in [0, 0.1) is 18.7 Å². The summed E-state index contributed by atoms with van der Waals surface area (Å²) in [6.45, 7) is 9.34. The number of benzene rings is 1. The van der Waals surface area contributed by atoms with E-state index in [0.717, 1.165) is 23.3 Å². The molecule has 29 heavy (non-hydrogen) atoms. The summed E-state index contributed by atoms with van der Waals surface area (Å²) < 4.78 is 13.3. The van der Waals surface area contributed by atoms with Crippen LogP contribution in [0.15, 0.2) is 36.4 Å². The minimum absolute atomic E-state index is 0.000463. The van der Waals surface area contributed by atoms with E-state index in [1.165, 1.54) is 17.0 Å². The highest BCUT2D eigenvalue weighted by Crippen LogP contribution is 2.19.